The van der Waals surface area contributed by atoms with Crippen LogP contribution in [-0.4, -0.2) is 53.3 Å². The average Bonchev–Trinajstić information content (AvgIpc) is 2.33. The van der Waals surface area contributed by atoms with Gasteiger partial charge in [0, 0.05) is 13.1 Å². The largest absolute Gasteiger partial charge is 0.478 e. The van der Waals surface area contributed by atoms with Crippen molar-refractivity contribution in [1.29, 1.82) is 0 Å². The third-order valence-electron chi connectivity index (χ3n) is 3.30. The number of hydrogen-bond acceptors (Lipinski definition) is 3. The summed E-state index contributed by atoms with van der Waals surface area (Å²) < 4.78 is 0. The van der Waals surface area contributed by atoms with E-state index in [0.29, 0.717) is 0 Å². The Hall–Kier alpha value is -0.960. The lowest BCUT2D eigenvalue weighted by molar-refractivity contribution is 0.0697. The molecule has 1 aromatic carbocycles. The minimum atomic E-state index is -2.04. The minimum Gasteiger partial charge on any atom is -0.478 e. The molecular weight excluding hydrogens is 237 g/mol. The second-order valence-electron chi connectivity index (χ2n) is 4.53. The summed E-state index contributed by atoms with van der Waals surface area (Å²) in [6.07, 6.45) is 1.60. The van der Waals surface area contributed by atoms with E-state index in [1.807, 2.05) is 0 Å². The summed E-state index contributed by atoms with van der Waals surface area (Å²) in [6.45, 7) is 1.82. The van der Waals surface area contributed by atoms with E-state index in [9.17, 15) is 9.69 Å². The van der Waals surface area contributed by atoms with Crippen molar-refractivity contribution >= 4 is 18.8 Å². The number of benzene rings is 1. The number of hydrogen-bond donors (Lipinski definition) is 2. The third-order valence-corrected chi connectivity index (χ3v) is 6.44. The summed E-state index contributed by atoms with van der Waals surface area (Å²) in [4.78, 5) is 23.6. The molecule has 0 radical (unpaired) electrons. The van der Waals surface area contributed by atoms with Crippen molar-refractivity contribution in [2.24, 2.45) is 0 Å². The molecule has 0 spiro atoms. The quantitative estimate of drug-likeness (QED) is 0.769. The zero-order chi connectivity index (χ0) is 12.5. The van der Waals surface area contributed by atoms with Gasteiger partial charge in [-0.25, -0.2) is 9.69 Å². The first-order valence-electron chi connectivity index (χ1n) is 5.63. The van der Waals surface area contributed by atoms with Crippen molar-refractivity contribution in [3.05, 3.63) is 29.8 Å². The summed E-state index contributed by atoms with van der Waals surface area (Å²) in [7, 11) is 0.0148. The fourth-order valence-electron chi connectivity index (χ4n) is 2.04. The van der Waals surface area contributed by atoms with Crippen LogP contribution in [0, 0.1) is 0 Å². The van der Waals surface area contributed by atoms with E-state index in [-0.39, 0.29) is 5.56 Å². The molecule has 0 unspecified atom stereocenters. The summed E-state index contributed by atoms with van der Waals surface area (Å²) in [6, 6.07) is 6.69. The number of rotatable bonds is 2. The second kappa shape index (κ2) is 4.73. The molecule has 2 N–H and O–H groups in total. The lowest BCUT2D eigenvalue weighted by Crippen LogP contribution is -2.36. The second-order valence-corrected chi connectivity index (χ2v) is 7.78. The van der Waals surface area contributed by atoms with E-state index in [1.165, 1.54) is 0 Å². The van der Waals surface area contributed by atoms with E-state index >= 15 is 0 Å². The molecule has 92 valence electrons. The van der Waals surface area contributed by atoms with Crippen molar-refractivity contribution in [2.45, 2.75) is 0 Å². The molecule has 0 aromatic heterocycles. The number of carbonyl (C=O) groups is 1. The van der Waals surface area contributed by atoms with Crippen molar-refractivity contribution in [3.63, 3.8) is 0 Å². The molecule has 1 aromatic rings. The molecule has 17 heavy (non-hydrogen) atoms. The smallest absolute Gasteiger partial charge is 0.335 e. The van der Waals surface area contributed by atoms with Crippen molar-refractivity contribution in [1.82, 2.24) is 4.90 Å². The fraction of sp³-hybridized carbons (Fsp3) is 0.417. The Morgan fingerprint density at radius 2 is 1.76 bits per heavy atom. The molecule has 5 heteroatoms. The van der Waals surface area contributed by atoms with Gasteiger partial charge < -0.3 is 5.11 Å². The molecule has 0 amide bonds. The van der Waals surface area contributed by atoms with Gasteiger partial charge in [0.1, 0.15) is 17.6 Å². The first-order valence-corrected chi connectivity index (χ1v) is 7.75. The highest BCUT2D eigenvalue weighted by Crippen LogP contribution is 2.54. The molecule has 1 fully saturated rings. The molecular formula is C12H17NO3P+. The van der Waals surface area contributed by atoms with Crippen LogP contribution in [-0.2, 0) is 0 Å². The maximum absolute atomic E-state index is 10.8. The molecule has 1 aliphatic heterocycles. The zero-order valence-corrected chi connectivity index (χ0v) is 10.7. The number of nitrogens with zero attached hydrogens (tertiary/aromatic N) is 1. The van der Waals surface area contributed by atoms with Gasteiger partial charge in [-0.2, -0.15) is 0 Å². The number of aromatic carboxylic acids is 1. The predicted molar refractivity (Wildman–Crippen MR) is 69.4 cm³/mol. The first kappa shape index (κ1) is 12.5. The molecule has 0 aliphatic carbocycles. The number of carboxylic acids is 1. The van der Waals surface area contributed by atoms with Crippen LogP contribution < -0.4 is 5.30 Å². The van der Waals surface area contributed by atoms with Crippen LogP contribution in [0.15, 0.2) is 24.3 Å². The Morgan fingerprint density at radius 1 is 1.24 bits per heavy atom. The highest BCUT2D eigenvalue weighted by molar-refractivity contribution is 7.77. The van der Waals surface area contributed by atoms with E-state index in [0.717, 1.165) is 30.7 Å². The van der Waals surface area contributed by atoms with Gasteiger partial charge >= 0.3 is 5.97 Å². The predicted octanol–water partition coefficient (Wildman–Crippen LogP) is 0.880. The number of carboxylic acid groups (broad SMARTS) is 1. The van der Waals surface area contributed by atoms with Crippen molar-refractivity contribution in [2.75, 3.05) is 32.5 Å². The molecule has 0 bridgehead atoms. The molecule has 2 rings (SSSR count). The normalized spacial score (nSPS) is 20.1. The summed E-state index contributed by atoms with van der Waals surface area (Å²) >= 11 is 0. The Balaban J connectivity index is 2.19. The van der Waals surface area contributed by atoms with Gasteiger partial charge in [0.2, 0.25) is 0 Å². The van der Waals surface area contributed by atoms with E-state index in [4.69, 9.17) is 5.11 Å². The van der Waals surface area contributed by atoms with E-state index in [1.54, 1.807) is 24.3 Å². The van der Waals surface area contributed by atoms with Crippen LogP contribution in [0.25, 0.3) is 0 Å². The Bertz CT molecular complexity index is 410. The molecule has 0 saturated carbocycles. The third kappa shape index (κ3) is 2.65. The monoisotopic (exact) mass is 254 g/mol. The van der Waals surface area contributed by atoms with E-state index in [2.05, 4.69) is 11.9 Å². The van der Waals surface area contributed by atoms with Crippen LogP contribution >= 0.6 is 7.49 Å². The topological polar surface area (TPSA) is 60.8 Å². The van der Waals surface area contributed by atoms with Crippen molar-refractivity contribution < 1.29 is 14.8 Å². The van der Waals surface area contributed by atoms with Gasteiger partial charge in [0.05, 0.1) is 5.56 Å². The van der Waals surface area contributed by atoms with Gasteiger partial charge in [-0.1, -0.05) is 0 Å². The first-order chi connectivity index (χ1) is 8.01. The standard InChI is InChI=1S/C12H16NO3P/c1-13-6-8-17(16,9-7-13)11-4-2-10(3-5-11)12(14)15/h2-5,16H,6-9H2,1H3/p+1. The van der Waals surface area contributed by atoms with Gasteiger partial charge in [-0.05, 0) is 31.3 Å². The van der Waals surface area contributed by atoms with Crippen LogP contribution in [0.1, 0.15) is 10.4 Å². The summed E-state index contributed by atoms with van der Waals surface area (Å²) in [5.41, 5.74) is 0.273. The fourth-order valence-corrected chi connectivity index (χ4v) is 4.82. The molecule has 4 nitrogen and oxygen atoms in total. The maximum Gasteiger partial charge on any atom is 0.335 e. The minimum absolute atomic E-state index is 0.273. The van der Waals surface area contributed by atoms with Gasteiger partial charge in [-0.15, -0.1) is 0 Å². The highest BCUT2D eigenvalue weighted by atomic mass is 31.2. The summed E-state index contributed by atoms with van der Waals surface area (Å²) in [5, 5.41) is 9.75. The average molecular weight is 254 g/mol. The van der Waals surface area contributed by atoms with Crippen molar-refractivity contribution in [3.8, 4) is 0 Å². The van der Waals surface area contributed by atoms with E-state index < -0.39 is 13.5 Å². The lowest BCUT2D eigenvalue weighted by atomic mass is 10.2. The Labute approximate surface area is 101 Å². The SMILES string of the molecule is CN1CC[P+](O)(c2ccc(C(=O)O)cc2)CC1. The molecule has 0 atom stereocenters. The Kier molecular flexibility index (Phi) is 3.48. The lowest BCUT2D eigenvalue weighted by Gasteiger charge is -2.29. The summed E-state index contributed by atoms with van der Waals surface area (Å²) in [5.74, 6) is -0.926. The zero-order valence-electron chi connectivity index (χ0n) is 9.83. The maximum atomic E-state index is 10.8. The van der Waals surface area contributed by atoms with Gasteiger partial charge in [-0.3, -0.25) is 4.90 Å². The molecule has 1 heterocycles. The Morgan fingerprint density at radius 3 is 2.24 bits per heavy atom. The van der Waals surface area contributed by atoms with Gasteiger partial charge in [0.15, 0.2) is 7.49 Å². The highest BCUT2D eigenvalue weighted by Gasteiger charge is 2.41. The van der Waals surface area contributed by atoms with Crippen LogP contribution in [0.4, 0.5) is 0 Å². The molecule has 1 aliphatic rings. The van der Waals surface area contributed by atoms with Crippen LogP contribution in [0.3, 0.4) is 0 Å². The molecule has 1 saturated heterocycles. The van der Waals surface area contributed by atoms with Crippen LogP contribution in [0.5, 0.6) is 0 Å². The van der Waals surface area contributed by atoms with Crippen LogP contribution in [0.2, 0.25) is 0 Å². The van der Waals surface area contributed by atoms with Gasteiger partial charge in [0.25, 0.3) is 0 Å².